The van der Waals surface area contributed by atoms with Crippen LogP contribution in [0.3, 0.4) is 0 Å². The first-order chi connectivity index (χ1) is 13.9. The molecule has 1 fully saturated rings. The minimum absolute atomic E-state index is 0.230. The van der Waals surface area contributed by atoms with Gasteiger partial charge in [-0.1, -0.05) is 41.6 Å². The lowest BCUT2D eigenvalue weighted by atomic mass is 10.1. The van der Waals surface area contributed by atoms with Crippen LogP contribution in [0.25, 0.3) is 6.08 Å². The quantitative estimate of drug-likeness (QED) is 0.488. The summed E-state index contributed by atoms with van der Waals surface area (Å²) in [5, 5.41) is 9.36. The first-order valence-electron chi connectivity index (χ1n) is 8.54. The van der Waals surface area contributed by atoms with E-state index in [1.54, 1.807) is 48.5 Å². The molecule has 0 saturated carbocycles. The lowest BCUT2D eigenvalue weighted by molar-refractivity contribution is -0.139. The third-order valence-electron chi connectivity index (χ3n) is 3.80. The highest BCUT2D eigenvalue weighted by molar-refractivity contribution is 8.27. The van der Waals surface area contributed by atoms with E-state index in [0.717, 1.165) is 0 Å². The van der Waals surface area contributed by atoms with Crippen molar-refractivity contribution >= 4 is 63.5 Å². The molecule has 3 rings (SSSR count). The molecule has 2 aromatic carbocycles. The molecule has 0 atom stereocenters. The fourth-order valence-electron chi connectivity index (χ4n) is 2.57. The molecule has 2 aromatic rings. The molecule has 1 aliphatic heterocycles. The van der Waals surface area contributed by atoms with Crippen LogP contribution < -0.4 is 14.4 Å². The van der Waals surface area contributed by atoms with Gasteiger partial charge < -0.3 is 14.6 Å². The number of thiocarbonyl (C=S) groups is 1. The predicted molar refractivity (Wildman–Crippen MR) is 118 cm³/mol. The Balaban J connectivity index is 1.86. The van der Waals surface area contributed by atoms with Gasteiger partial charge in [-0.2, -0.15) is 0 Å². The summed E-state index contributed by atoms with van der Waals surface area (Å²) in [7, 11) is 0. The highest BCUT2D eigenvalue weighted by Crippen LogP contribution is 2.37. The number of halogens is 1. The van der Waals surface area contributed by atoms with Crippen molar-refractivity contribution in [2.75, 3.05) is 18.1 Å². The van der Waals surface area contributed by atoms with Crippen LogP contribution in [0.2, 0.25) is 5.02 Å². The second-order valence-corrected chi connectivity index (χ2v) is 7.93. The maximum absolute atomic E-state index is 12.9. The summed E-state index contributed by atoms with van der Waals surface area (Å²) in [6.07, 6.45) is 1.71. The standard InChI is InChI=1S/C20H16ClNO5S2/c1-2-26-16-9-12(3-8-15(16)27-11-18(23)24)10-17-19(25)22(20(28)29-17)14-6-4-13(21)5-7-14/h3-10H,2,11H2,1H3,(H,23,24)/b17-10-. The van der Waals surface area contributed by atoms with Crippen LogP contribution in [-0.4, -0.2) is 34.5 Å². The number of benzene rings is 2. The van der Waals surface area contributed by atoms with Crippen molar-refractivity contribution in [3.63, 3.8) is 0 Å². The van der Waals surface area contributed by atoms with Crippen molar-refractivity contribution < 1.29 is 24.2 Å². The lowest BCUT2D eigenvalue weighted by Crippen LogP contribution is -2.27. The molecule has 0 aromatic heterocycles. The van der Waals surface area contributed by atoms with E-state index in [0.29, 0.717) is 43.6 Å². The van der Waals surface area contributed by atoms with Gasteiger partial charge in [-0.05, 0) is 55.0 Å². The van der Waals surface area contributed by atoms with E-state index in [4.69, 9.17) is 38.4 Å². The molecule has 6 nitrogen and oxygen atoms in total. The third-order valence-corrected chi connectivity index (χ3v) is 5.35. The van der Waals surface area contributed by atoms with Crippen LogP contribution in [0.5, 0.6) is 11.5 Å². The molecule has 0 bridgehead atoms. The Labute approximate surface area is 182 Å². The second kappa shape index (κ2) is 9.30. The van der Waals surface area contributed by atoms with Gasteiger partial charge in [-0.15, -0.1) is 0 Å². The number of hydrogen-bond acceptors (Lipinski definition) is 6. The number of carboxylic acids is 1. The summed E-state index contributed by atoms with van der Waals surface area (Å²) in [6, 6.07) is 11.9. The number of thioether (sulfide) groups is 1. The number of rotatable bonds is 7. The van der Waals surface area contributed by atoms with Crippen molar-refractivity contribution in [2.24, 2.45) is 0 Å². The maximum atomic E-state index is 12.9. The Bertz CT molecular complexity index is 991. The molecule has 0 aliphatic carbocycles. The Morgan fingerprint density at radius 2 is 1.93 bits per heavy atom. The van der Waals surface area contributed by atoms with Crippen molar-refractivity contribution in [3.05, 3.63) is 58.0 Å². The van der Waals surface area contributed by atoms with E-state index in [9.17, 15) is 9.59 Å². The first kappa shape index (κ1) is 21.2. The number of aliphatic carboxylic acids is 1. The summed E-state index contributed by atoms with van der Waals surface area (Å²) in [5.41, 5.74) is 1.35. The highest BCUT2D eigenvalue weighted by atomic mass is 35.5. The van der Waals surface area contributed by atoms with Gasteiger partial charge in [-0.3, -0.25) is 9.69 Å². The minimum Gasteiger partial charge on any atom is -0.490 e. The van der Waals surface area contributed by atoms with Crippen LogP contribution in [-0.2, 0) is 9.59 Å². The van der Waals surface area contributed by atoms with Gasteiger partial charge in [0.1, 0.15) is 0 Å². The highest BCUT2D eigenvalue weighted by Gasteiger charge is 2.33. The van der Waals surface area contributed by atoms with Gasteiger partial charge >= 0.3 is 5.97 Å². The van der Waals surface area contributed by atoms with Crippen LogP contribution >= 0.6 is 35.6 Å². The zero-order valence-electron chi connectivity index (χ0n) is 15.3. The van der Waals surface area contributed by atoms with E-state index in [1.165, 1.54) is 16.7 Å². The van der Waals surface area contributed by atoms with Crippen LogP contribution in [0.15, 0.2) is 47.4 Å². The number of carbonyl (C=O) groups is 2. The number of nitrogens with zero attached hydrogens (tertiary/aromatic N) is 1. The summed E-state index contributed by atoms with van der Waals surface area (Å²) in [4.78, 5) is 25.5. The van der Waals surface area contributed by atoms with Crippen LogP contribution in [0.1, 0.15) is 12.5 Å². The van der Waals surface area contributed by atoms with Crippen molar-refractivity contribution in [1.29, 1.82) is 0 Å². The monoisotopic (exact) mass is 449 g/mol. The Kier molecular flexibility index (Phi) is 6.79. The Morgan fingerprint density at radius 1 is 1.21 bits per heavy atom. The maximum Gasteiger partial charge on any atom is 0.341 e. The van der Waals surface area contributed by atoms with E-state index < -0.39 is 12.6 Å². The normalized spacial score (nSPS) is 15.1. The van der Waals surface area contributed by atoms with Crippen molar-refractivity contribution in [1.82, 2.24) is 0 Å². The average Bonchev–Trinajstić information content (AvgIpc) is 2.95. The molecule has 9 heteroatoms. The fraction of sp³-hybridized carbons (Fsp3) is 0.150. The summed E-state index contributed by atoms with van der Waals surface area (Å²) < 4.78 is 11.2. The number of ether oxygens (including phenoxy) is 2. The first-order valence-corrected chi connectivity index (χ1v) is 10.1. The summed E-state index contributed by atoms with van der Waals surface area (Å²) in [5.74, 6) is -0.593. The molecule has 1 N–H and O–H groups in total. The molecule has 0 unspecified atom stereocenters. The fourth-order valence-corrected chi connectivity index (χ4v) is 4.00. The number of anilines is 1. The average molecular weight is 450 g/mol. The number of carboxylic acid groups (broad SMARTS) is 1. The molecule has 150 valence electrons. The van der Waals surface area contributed by atoms with Gasteiger partial charge in [0, 0.05) is 5.02 Å². The Morgan fingerprint density at radius 3 is 2.59 bits per heavy atom. The molecule has 1 aliphatic rings. The zero-order chi connectivity index (χ0) is 21.0. The smallest absolute Gasteiger partial charge is 0.341 e. The molecular formula is C20H16ClNO5S2. The molecule has 29 heavy (non-hydrogen) atoms. The predicted octanol–water partition coefficient (Wildman–Crippen LogP) is 4.61. The van der Waals surface area contributed by atoms with Gasteiger partial charge in [0.25, 0.3) is 5.91 Å². The minimum atomic E-state index is -1.08. The molecular weight excluding hydrogens is 434 g/mol. The van der Waals surface area contributed by atoms with E-state index in [-0.39, 0.29) is 5.91 Å². The number of amides is 1. The van der Waals surface area contributed by atoms with Crippen molar-refractivity contribution in [3.8, 4) is 11.5 Å². The van der Waals surface area contributed by atoms with E-state index in [1.807, 2.05) is 6.92 Å². The number of carbonyl (C=O) groups excluding carboxylic acids is 1. The van der Waals surface area contributed by atoms with Gasteiger partial charge in [0.2, 0.25) is 0 Å². The van der Waals surface area contributed by atoms with Crippen LogP contribution in [0.4, 0.5) is 5.69 Å². The molecule has 1 amide bonds. The van der Waals surface area contributed by atoms with Gasteiger partial charge in [0.05, 0.1) is 17.2 Å². The topological polar surface area (TPSA) is 76.1 Å². The van der Waals surface area contributed by atoms with Crippen molar-refractivity contribution in [2.45, 2.75) is 6.92 Å². The Hall–Kier alpha value is -2.55. The molecule has 1 saturated heterocycles. The molecule has 0 radical (unpaired) electrons. The van der Waals surface area contributed by atoms with Crippen LogP contribution in [0, 0.1) is 0 Å². The lowest BCUT2D eigenvalue weighted by Gasteiger charge is -2.14. The van der Waals surface area contributed by atoms with E-state index in [2.05, 4.69) is 0 Å². The number of hydrogen-bond donors (Lipinski definition) is 1. The van der Waals surface area contributed by atoms with Gasteiger partial charge in [0.15, 0.2) is 22.4 Å². The summed E-state index contributed by atoms with van der Waals surface area (Å²) in [6.45, 7) is 1.72. The third kappa shape index (κ3) is 5.09. The second-order valence-electron chi connectivity index (χ2n) is 5.82. The summed E-state index contributed by atoms with van der Waals surface area (Å²) >= 11 is 12.5. The van der Waals surface area contributed by atoms with E-state index >= 15 is 0 Å². The SMILES string of the molecule is CCOc1cc(/C=C2\SC(=S)N(c3ccc(Cl)cc3)C2=O)ccc1OCC(=O)O. The molecule has 1 heterocycles. The largest absolute Gasteiger partial charge is 0.490 e. The zero-order valence-corrected chi connectivity index (χ0v) is 17.6. The molecule has 0 spiro atoms. The van der Waals surface area contributed by atoms with Gasteiger partial charge in [-0.25, -0.2) is 4.79 Å².